The fourth-order valence-electron chi connectivity index (χ4n) is 4.52. The summed E-state index contributed by atoms with van der Waals surface area (Å²) in [6, 6.07) is 21.1. The van der Waals surface area contributed by atoms with Crippen LogP contribution < -0.4 is 16.1 Å². The van der Waals surface area contributed by atoms with E-state index in [1.54, 1.807) is 17.6 Å². The highest BCUT2D eigenvalue weighted by molar-refractivity contribution is 7.12. The lowest BCUT2D eigenvalue weighted by Crippen LogP contribution is -2.47. The number of hydrogen-bond acceptors (Lipinski definition) is 5. The van der Waals surface area contributed by atoms with E-state index < -0.39 is 11.9 Å². The van der Waals surface area contributed by atoms with Gasteiger partial charge in [-0.15, -0.1) is 11.3 Å². The summed E-state index contributed by atoms with van der Waals surface area (Å²) < 4.78 is 0. The number of carbonyl (C=O) groups excluding carboxylic acids is 3. The van der Waals surface area contributed by atoms with Crippen LogP contribution in [0.3, 0.4) is 0 Å². The van der Waals surface area contributed by atoms with Gasteiger partial charge in [-0.2, -0.15) is 0 Å². The predicted octanol–water partition coefficient (Wildman–Crippen LogP) is 4.81. The summed E-state index contributed by atoms with van der Waals surface area (Å²) in [4.78, 5) is 41.2. The number of carbonyl (C=O) groups is 3. The Morgan fingerprint density at radius 3 is 2.47 bits per heavy atom. The maximum Gasteiger partial charge on any atom is 0.261 e. The largest absolute Gasteiger partial charge is 0.354 e. The first-order valence-corrected chi connectivity index (χ1v) is 13.6. The standard InChI is InChI=1S/C29H32N4O4S/c34-26(33-37)16-6-2-5-14-24(32-29(36)25-15-9-19-38-25)28(35)30-18-17-22-21-12-7-8-13-23(21)31-27(22)20-10-3-1-4-11-20/h1,3-4,7-13,15,19,24,31,37H,2,5-6,14,16-18H2,(H,30,35)(H,32,36)(H,33,34)/t24-/m0/s1. The Balaban J connectivity index is 1.40. The number of nitrogens with one attached hydrogen (secondary N) is 4. The number of para-hydroxylation sites is 1. The average molecular weight is 533 g/mol. The van der Waals surface area contributed by atoms with Crippen LogP contribution in [0.4, 0.5) is 0 Å². The highest BCUT2D eigenvalue weighted by Gasteiger charge is 2.22. The van der Waals surface area contributed by atoms with Gasteiger partial charge in [-0.05, 0) is 47.9 Å². The molecule has 0 aliphatic rings. The molecule has 1 atom stereocenters. The smallest absolute Gasteiger partial charge is 0.261 e. The fraction of sp³-hybridized carbons (Fsp3) is 0.276. The molecule has 9 heteroatoms. The van der Waals surface area contributed by atoms with E-state index in [-0.39, 0.29) is 18.2 Å². The maximum absolute atomic E-state index is 13.2. The number of rotatable bonds is 13. The van der Waals surface area contributed by atoms with E-state index >= 15 is 0 Å². The number of hydrogen-bond donors (Lipinski definition) is 5. The summed E-state index contributed by atoms with van der Waals surface area (Å²) in [6.45, 7) is 0.419. The highest BCUT2D eigenvalue weighted by atomic mass is 32.1. The van der Waals surface area contributed by atoms with Gasteiger partial charge < -0.3 is 15.6 Å². The Morgan fingerprint density at radius 2 is 1.71 bits per heavy atom. The van der Waals surface area contributed by atoms with Gasteiger partial charge in [0.15, 0.2) is 0 Å². The molecule has 4 rings (SSSR count). The van der Waals surface area contributed by atoms with Gasteiger partial charge >= 0.3 is 0 Å². The monoisotopic (exact) mass is 532 g/mol. The van der Waals surface area contributed by atoms with Crippen molar-refractivity contribution in [1.82, 2.24) is 21.1 Å². The van der Waals surface area contributed by atoms with E-state index in [4.69, 9.17) is 5.21 Å². The van der Waals surface area contributed by atoms with E-state index in [2.05, 4.69) is 33.8 Å². The van der Waals surface area contributed by atoms with Crippen LogP contribution in [0.5, 0.6) is 0 Å². The third kappa shape index (κ3) is 7.08. The summed E-state index contributed by atoms with van der Waals surface area (Å²) in [5, 5.41) is 17.5. The number of thiophene rings is 1. The number of aromatic nitrogens is 1. The Morgan fingerprint density at radius 1 is 0.921 bits per heavy atom. The molecule has 0 saturated heterocycles. The molecule has 0 radical (unpaired) electrons. The molecule has 0 unspecified atom stereocenters. The van der Waals surface area contributed by atoms with Crippen LogP contribution in [-0.4, -0.2) is 40.5 Å². The summed E-state index contributed by atoms with van der Waals surface area (Å²) in [5.41, 5.74) is 5.92. The minimum absolute atomic E-state index is 0.212. The molecule has 0 aliphatic heterocycles. The number of unbranched alkanes of at least 4 members (excludes halogenated alkanes) is 2. The van der Waals surface area contributed by atoms with Gasteiger partial charge in [0, 0.05) is 29.6 Å². The molecule has 2 heterocycles. The normalized spacial score (nSPS) is 11.7. The molecular weight excluding hydrogens is 500 g/mol. The number of fused-ring (bicyclic) bond motifs is 1. The van der Waals surface area contributed by atoms with Gasteiger partial charge in [0.05, 0.1) is 4.88 Å². The van der Waals surface area contributed by atoms with E-state index in [1.165, 1.54) is 11.3 Å². The molecule has 2 aromatic heterocycles. The summed E-state index contributed by atoms with van der Waals surface area (Å²) in [7, 11) is 0. The lowest BCUT2D eigenvalue weighted by Gasteiger charge is -2.18. The number of hydroxylamine groups is 1. The van der Waals surface area contributed by atoms with Gasteiger partial charge in [-0.25, -0.2) is 5.48 Å². The summed E-state index contributed by atoms with van der Waals surface area (Å²) in [6.07, 6.45) is 3.23. The third-order valence-corrected chi connectivity index (χ3v) is 7.31. The van der Waals surface area contributed by atoms with Crippen LogP contribution in [-0.2, 0) is 16.0 Å². The molecule has 0 fully saturated rings. The predicted molar refractivity (Wildman–Crippen MR) is 149 cm³/mol. The maximum atomic E-state index is 13.2. The average Bonchev–Trinajstić information content (AvgIpc) is 3.61. The van der Waals surface area contributed by atoms with Crippen LogP contribution in [0.15, 0.2) is 72.1 Å². The molecular formula is C29H32N4O4S. The lowest BCUT2D eigenvalue weighted by atomic mass is 10.0. The van der Waals surface area contributed by atoms with Crippen LogP contribution >= 0.6 is 11.3 Å². The molecule has 3 amide bonds. The molecule has 5 N–H and O–H groups in total. The number of benzene rings is 2. The van der Waals surface area contributed by atoms with E-state index in [1.807, 2.05) is 41.8 Å². The Bertz CT molecular complexity index is 1350. The van der Waals surface area contributed by atoms with Crippen molar-refractivity contribution in [3.05, 3.63) is 82.6 Å². The van der Waals surface area contributed by atoms with Crippen LogP contribution in [0.1, 0.15) is 47.3 Å². The van der Waals surface area contributed by atoms with Gasteiger partial charge in [0.1, 0.15) is 6.04 Å². The highest BCUT2D eigenvalue weighted by Crippen LogP contribution is 2.30. The number of aromatic amines is 1. The minimum Gasteiger partial charge on any atom is -0.354 e. The second-order valence-corrected chi connectivity index (χ2v) is 10.0. The van der Waals surface area contributed by atoms with Gasteiger partial charge in [-0.3, -0.25) is 19.6 Å². The third-order valence-electron chi connectivity index (χ3n) is 6.44. The molecule has 0 bridgehead atoms. The first kappa shape index (κ1) is 27.1. The van der Waals surface area contributed by atoms with Crippen molar-refractivity contribution in [3.63, 3.8) is 0 Å². The first-order valence-electron chi connectivity index (χ1n) is 12.8. The molecule has 8 nitrogen and oxygen atoms in total. The van der Waals surface area contributed by atoms with E-state index in [9.17, 15) is 14.4 Å². The van der Waals surface area contributed by atoms with Crippen molar-refractivity contribution in [2.45, 2.75) is 44.6 Å². The van der Waals surface area contributed by atoms with Crippen molar-refractivity contribution in [2.75, 3.05) is 6.54 Å². The molecule has 2 aromatic carbocycles. The zero-order chi connectivity index (χ0) is 26.7. The number of H-pyrrole nitrogens is 1. The minimum atomic E-state index is -0.687. The van der Waals surface area contributed by atoms with Gasteiger partial charge in [-0.1, -0.05) is 67.4 Å². The molecule has 4 aromatic rings. The van der Waals surface area contributed by atoms with E-state index in [0.29, 0.717) is 43.5 Å². The molecule has 0 saturated carbocycles. The van der Waals surface area contributed by atoms with Gasteiger partial charge in [0.2, 0.25) is 11.8 Å². The Kier molecular flexibility index (Phi) is 9.66. The van der Waals surface area contributed by atoms with E-state index in [0.717, 1.165) is 27.7 Å². The van der Waals surface area contributed by atoms with Crippen LogP contribution in [0.2, 0.25) is 0 Å². The Hall–Kier alpha value is -3.95. The molecule has 38 heavy (non-hydrogen) atoms. The van der Waals surface area contributed by atoms with Crippen molar-refractivity contribution >= 4 is 40.0 Å². The lowest BCUT2D eigenvalue weighted by molar-refractivity contribution is -0.129. The topological polar surface area (TPSA) is 123 Å². The van der Waals surface area contributed by atoms with Crippen LogP contribution in [0, 0.1) is 0 Å². The molecule has 0 spiro atoms. The first-order chi connectivity index (χ1) is 18.6. The summed E-state index contributed by atoms with van der Waals surface area (Å²) >= 11 is 1.32. The van der Waals surface area contributed by atoms with Gasteiger partial charge in [0.25, 0.3) is 5.91 Å². The second-order valence-electron chi connectivity index (χ2n) is 9.07. The molecule has 0 aliphatic carbocycles. The zero-order valence-electron chi connectivity index (χ0n) is 21.0. The molecule has 198 valence electrons. The second kappa shape index (κ2) is 13.6. The fourth-order valence-corrected chi connectivity index (χ4v) is 5.14. The van der Waals surface area contributed by atoms with Crippen LogP contribution in [0.25, 0.3) is 22.2 Å². The van der Waals surface area contributed by atoms with Crippen molar-refractivity contribution < 1.29 is 19.6 Å². The number of amides is 3. The SMILES string of the molecule is O=C(CCCCC[C@H](NC(=O)c1cccs1)C(=O)NCCc1c(-c2ccccc2)[nH]c2ccccc12)NO. The van der Waals surface area contributed by atoms with Crippen molar-refractivity contribution in [1.29, 1.82) is 0 Å². The summed E-state index contributed by atoms with van der Waals surface area (Å²) in [5.74, 6) is -0.940. The Labute approximate surface area is 225 Å². The van der Waals surface area contributed by atoms with Crippen molar-refractivity contribution in [2.24, 2.45) is 0 Å². The van der Waals surface area contributed by atoms with Crippen molar-refractivity contribution in [3.8, 4) is 11.3 Å². The zero-order valence-corrected chi connectivity index (χ0v) is 21.9. The quantitative estimate of drug-likeness (QED) is 0.0963.